The van der Waals surface area contributed by atoms with E-state index in [1.165, 1.54) is 33.4 Å². The van der Waals surface area contributed by atoms with Gasteiger partial charge in [0.15, 0.2) is 0 Å². The standard InChI is InChI=1S/C35H38N2/c1-27(2)35(26-36,31-14-4-3-5-15-31)22-10-11-23-37-24-20-30(21-25-37)34-32-16-8-6-12-28(32)18-19-29-13-7-9-17-33(29)34/h3-9,12-19,27H,10-11,20-25H2,1-2H3. The third kappa shape index (κ3) is 5.20. The molecular formula is C35H38N2. The number of nitriles is 1. The van der Waals surface area contributed by atoms with E-state index < -0.39 is 5.41 Å². The molecule has 3 aromatic rings. The number of benzene rings is 3. The fraction of sp³-hybridized carbons (Fsp3) is 0.343. The lowest BCUT2D eigenvalue weighted by Crippen LogP contribution is -2.33. The van der Waals surface area contributed by atoms with Gasteiger partial charge >= 0.3 is 0 Å². The van der Waals surface area contributed by atoms with Gasteiger partial charge in [-0.1, -0.05) is 117 Å². The smallest absolute Gasteiger partial charge is 0.0845 e. The topological polar surface area (TPSA) is 27.0 Å². The Morgan fingerprint density at radius 1 is 0.784 bits per heavy atom. The Balaban J connectivity index is 1.25. The Bertz CT molecular complexity index is 1260. The highest BCUT2D eigenvalue weighted by Crippen LogP contribution is 2.39. The molecule has 1 aliphatic carbocycles. The van der Waals surface area contributed by atoms with Crippen molar-refractivity contribution in [3.8, 4) is 6.07 Å². The molecule has 0 aromatic heterocycles. The summed E-state index contributed by atoms with van der Waals surface area (Å²) in [5.74, 6) is 0.295. The van der Waals surface area contributed by atoms with Crippen molar-refractivity contribution in [3.63, 3.8) is 0 Å². The van der Waals surface area contributed by atoms with E-state index in [1.807, 2.05) is 6.07 Å². The van der Waals surface area contributed by atoms with Gasteiger partial charge in [-0.25, -0.2) is 0 Å². The van der Waals surface area contributed by atoms with Crippen molar-refractivity contribution in [2.75, 3.05) is 19.6 Å². The van der Waals surface area contributed by atoms with Crippen molar-refractivity contribution in [2.24, 2.45) is 5.92 Å². The molecule has 0 spiro atoms. The van der Waals surface area contributed by atoms with E-state index in [0.717, 1.165) is 51.7 Å². The van der Waals surface area contributed by atoms with Crippen LogP contribution in [0.25, 0.3) is 17.7 Å². The SMILES string of the molecule is CC(C)C(C#N)(CCCCN1CCC(=C2c3ccccc3C=Cc3ccccc32)CC1)c1ccccc1. The molecular weight excluding hydrogens is 448 g/mol. The van der Waals surface area contributed by atoms with Crippen LogP contribution in [0.3, 0.4) is 0 Å². The summed E-state index contributed by atoms with van der Waals surface area (Å²) in [6.07, 6.45) is 9.93. The molecule has 2 nitrogen and oxygen atoms in total. The van der Waals surface area contributed by atoms with Crippen LogP contribution in [0, 0.1) is 17.2 Å². The number of rotatable bonds is 7. The highest BCUT2D eigenvalue weighted by atomic mass is 15.1. The van der Waals surface area contributed by atoms with E-state index >= 15 is 0 Å². The summed E-state index contributed by atoms with van der Waals surface area (Å²) in [5.41, 5.74) is 9.18. The van der Waals surface area contributed by atoms with Gasteiger partial charge in [-0.2, -0.15) is 5.26 Å². The molecule has 0 amide bonds. The zero-order valence-corrected chi connectivity index (χ0v) is 22.3. The van der Waals surface area contributed by atoms with Gasteiger partial charge in [0, 0.05) is 13.1 Å². The van der Waals surface area contributed by atoms with Crippen molar-refractivity contribution in [2.45, 2.75) is 51.4 Å². The van der Waals surface area contributed by atoms with Crippen LogP contribution in [-0.4, -0.2) is 24.5 Å². The van der Waals surface area contributed by atoms with Gasteiger partial charge in [0.2, 0.25) is 0 Å². The number of hydrogen-bond acceptors (Lipinski definition) is 2. The Morgan fingerprint density at radius 2 is 1.35 bits per heavy atom. The third-order valence-electron chi connectivity index (χ3n) is 8.49. The van der Waals surface area contributed by atoms with E-state index in [0.29, 0.717) is 5.92 Å². The third-order valence-corrected chi connectivity index (χ3v) is 8.49. The summed E-state index contributed by atoms with van der Waals surface area (Å²) >= 11 is 0. The first-order valence-electron chi connectivity index (χ1n) is 13.9. The monoisotopic (exact) mass is 486 g/mol. The molecule has 37 heavy (non-hydrogen) atoms. The molecule has 1 atom stereocenters. The van der Waals surface area contributed by atoms with Crippen LogP contribution in [0.4, 0.5) is 0 Å². The number of piperidine rings is 1. The minimum Gasteiger partial charge on any atom is -0.303 e. The van der Waals surface area contributed by atoms with Crippen molar-refractivity contribution in [1.82, 2.24) is 4.90 Å². The van der Waals surface area contributed by atoms with Crippen LogP contribution in [0.2, 0.25) is 0 Å². The first-order chi connectivity index (χ1) is 18.1. The van der Waals surface area contributed by atoms with Gasteiger partial charge in [-0.3, -0.25) is 0 Å². The molecule has 1 unspecified atom stereocenters. The average Bonchev–Trinajstić information content (AvgIpc) is 3.11. The number of unbranched alkanes of at least 4 members (excludes halogenated alkanes) is 1. The maximum Gasteiger partial charge on any atom is 0.0845 e. The molecule has 0 saturated carbocycles. The van der Waals surface area contributed by atoms with Gasteiger partial charge in [0.05, 0.1) is 11.5 Å². The van der Waals surface area contributed by atoms with Crippen molar-refractivity contribution < 1.29 is 0 Å². The lowest BCUT2D eigenvalue weighted by molar-refractivity contribution is 0.245. The first-order valence-corrected chi connectivity index (χ1v) is 13.9. The first kappa shape index (κ1) is 25.2. The molecule has 188 valence electrons. The van der Waals surface area contributed by atoms with Crippen molar-refractivity contribution in [3.05, 3.63) is 112 Å². The largest absolute Gasteiger partial charge is 0.303 e. The van der Waals surface area contributed by atoms with Crippen LogP contribution in [0.1, 0.15) is 73.8 Å². The summed E-state index contributed by atoms with van der Waals surface area (Å²) in [6, 6.07) is 30.8. The summed E-state index contributed by atoms with van der Waals surface area (Å²) in [5, 5.41) is 10.2. The number of likely N-dealkylation sites (tertiary alicyclic amines) is 1. The zero-order chi connectivity index (χ0) is 25.7. The molecule has 1 saturated heterocycles. The molecule has 2 heteroatoms. The van der Waals surface area contributed by atoms with Gasteiger partial charge < -0.3 is 4.90 Å². The number of nitrogens with zero attached hydrogens (tertiary/aromatic N) is 2. The minimum absolute atomic E-state index is 0.295. The van der Waals surface area contributed by atoms with Crippen LogP contribution < -0.4 is 0 Å². The normalized spacial score (nSPS) is 17.0. The van der Waals surface area contributed by atoms with Crippen molar-refractivity contribution >= 4 is 17.7 Å². The van der Waals surface area contributed by atoms with Crippen LogP contribution in [0.5, 0.6) is 0 Å². The molecule has 0 bridgehead atoms. The fourth-order valence-corrected chi connectivity index (χ4v) is 6.23. The molecule has 1 heterocycles. The lowest BCUT2D eigenvalue weighted by Gasteiger charge is -2.33. The fourth-order valence-electron chi connectivity index (χ4n) is 6.23. The van der Waals surface area contributed by atoms with Crippen LogP contribution in [-0.2, 0) is 5.41 Å². The Labute approximate surface area is 223 Å². The Kier molecular flexibility index (Phi) is 7.73. The second-order valence-electron chi connectivity index (χ2n) is 10.9. The predicted molar refractivity (Wildman–Crippen MR) is 156 cm³/mol. The highest BCUT2D eigenvalue weighted by molar-refractivity contribution is 5.94. The van der Waals surface area contributed by atoms with Crippen LogP contribution in [0.15, 0.2) is 84.4 Å². The van der Waals surface area contributed by atoms with E-state index in [4.69, 9.17) is 0 Å². The summed E-state index contributed by atoms with van der Waals surface area (Å²) in [7, 11) is 0. The predicted octanol–water partition coefficient (Wildman–Crippen LogP) is 8.36. The molecule has 0 radical (unpaired) electrons. The van der Waals surface area contributed by atoms with E-state index in [1.54, 1.807) is 5.57 Å². The molecule has 1 aliphatic heterocycles. The summed E-state index contributed by atoms with van der Waals surface area (Å²) in [4.78, 5) is 2.63. The number of hydrogen-bond donors (Lipinski definition) is 0. The molecule has 5 rings (SSSR count). The van der Waals surface area contributed by atoms with Crippen molar-refractivity contribution in [1.29, 1.82) is 5.26 Å². The van der Waals surface area contributed by atoms with Crippen LogP contribution >= 0.6 is 0 Å². The zero-order valence-electron chi connectivity index (χ0n) is 22.3. The maximum atomic E-state index is 10.2. The lowest BCUT2D eigenvalue weighted by atomic mass is 9.69. The summed E-state index contributed by atoms with van der Waals surface area (Å²) in [6.45, 7) is 7.72. The van der Waals surface area contributed by atoms with Gasteiger partial charge in [0.1, 0.15) is 0 Å². The molecule has 2 aliphatic rings. The summed E-state index contributed by atoms with van der Waals surface area (Å²) < 4.78 is 0. The Morgan fingerprint density at radius 3 is 1.92 bits per heavy atom. The number of fused-ring (bicyclic) bond motifs is 2. The van der Waals surface area contributed by atoms with E-state index in [9.17, 15) is 5.26 Å². The average molecular weight is 487 g/mol. The van der Waals surface area contributed by atoms with Gasteiger partial charge in [-0.15, -0.1) is 0 Å². The Hall–Kier alpha value is -3.41. The highest BCUT2D eigenvalue weighted by Gasteiger charge is 2.35. The molecule has 3 aromatic carbocycles. The second-order valence-corrected chi connectivity index (χ2v) is 10.9. The maximum absolute atomic E-state index is 10.2. The molecule has 1 fully saturated rings. The minimum atomic E-state index is -0.394. The second kappa shape index (κ2) is 11.3. The van der Waals surface area contributed by atoms with Gasteiger partial charge in [0.25, 0.3) is 0 Å². The van der Waals surface area contributed by atoms with E-state index in [2.05, 4.69) is 110 Å². The van der Waals surface area contributed by atoms with E-state index in [-0.39, 0.29) is 0 Å². The van der Waals surface area contributed by atoms with Gasteiger partial charge in [-0.05, 0) is 71.5 Å². The quantitative estimate of drug-likeness (QED) is 0.245. The molecule has 0 N–H and O–H groups in total.